The van der Waals surface area contributed by atoms with Crippen molar-refractivity contribution in [1.82, 2.24) is 9.97 Å². The van der Waals surface area contributed by atoms with Gasteiger partial charge in [-0.25, -0.2) is 4.98 Å². The summed E-state index contributed by atoms with van der Waals surface area (Å²) in [6.45, 7) is 2.58. The molecule has 1 aromatic rings. The molecule has 2 rings (SSSR count). The lowest BCUT2D eigenvalue weighted by Crippen LogP contribution is -2.17. The molecule has 0 saturated carbocycles. The zero-order valence-corrected chi connectivity index (χ0v) is 8.19. The Hall–Kier alpha value is -1.32. The topological polar surface area (TPSA) is 55.0 Å². The van der Waals surface area contributed by atoms with Gasteiger partial charge in [-0.2, -0.15) is 0 Å². The third-order valence-electron chi connectivity index (χ3n) is 2.79. The summed E-state index contributed by atoms with van der Waals surface area (Å²) in [7, 11) is 0. The van der Waals surface area contributed by atoms with E-state index in [1.807, 2.05) is 6.92 Å². The first-order chi connectivity index (χ1) is 6.81. The second kappa shape index (κ2) is 3.82. The molecule has 4 heteroatoms. The van der Waals surface area contributed by atoms with Crippen LogP contribution in [0.15, 0.2) is 12.5 Å². The minimum Gasteiger partial charge on any atom is -0.465 e. The molecule has 1 fully saturated rings. The van der Waals surface area contributed by atoms with Gasteiger partial charge in [-0.3, -0.25) is 4.79 Å². The van der Waals surface area contributed by atoms with E-state index in [1.54, 1.807) is 12.5 Å². The highest BCUT2D eigenvalue weighted by atomic mass is 16.5. The average Bonchev–Trinajstić information content (AvgIpc) is 2.77. The van der Waals surface area contributed by atoms with Crippen LogP contribution in [0.1, 0.15) is 19.0 Å². The van der Waals surface area contributed by atoms with E-state index in [0.717, 1.165) is 18.5 Å². The van der Waals surface area contributed by atoms with Crippen molar-refractivity contribution in [3.63, 3.8) is 0 Å². The molecule has 4 nitrogen and oxygen atoms in total. The Morgan fingerprint density at radius 1 is 1.71 bits per heavy atom. The number of nitrogens with one attached hydrogen (secondary N) is 1. The standard InChI is InChI=1S/C10H14N2O2/c1-2-9-7(5-14-10(9)13)3-8-4-11-6-12-8/h4,6-7,9H,2-3,5H2,1H3,(H,11,12). The van der Waals surface area contributed by atoms with Crippen molar-refractivity contribution in [2.45, 2.75) is 19.8 Å². The molecule has 2 unspecified atom stereocenters. The molecule has 2 heterocycles. The number of rotatable bonds is 3. The fourth-order valence-electron chi connectivity index (χ4n) is 1.98. The van der Waals surface area contributed by atoms with Crippen LogP contribution < -0.4 is 0 Å². The number of imidazole rings is 1. The Morgan fingerprint density at radius 2 is 2.57 bits per heavy atom. The van der Waals surface area contributed by atoms with Crippen molar-refractivity contribution in [3.8, 4) is 0 Å². The van der Waals surface area contributed by atoms with Crippen LogP contribution >= 0.6 is 0 Å². The molecule has 0 bridgehead atoms. The molecule has 0 radical (unpaired) electrons. The van der Waals surface area contributed by atoms with Gasteiger partial charge < -0.3 is 9.72 Å². The molecule has 2 atom stereocenters. The largest absolute Gasteiger partial charge is 0.465 e. The van der Waals surface area contributed by atoms with Crippen LogP contribution in [0.5, 0.6) is 0 Å². The van der Waals surface area contributed by atoms with E-state index in [1.165, 1.54) is 0 Å². The Morgan fingerprint density at radius 3 is 3.21 bits per heavy atom. The molecule has 0 aromatic carbocycles. The average molecular weight is 194 g/mol. The Balaban J connectivity index is 2.01. The van der Waals surface area contributed by atoms with Crippen LogP contribution in [0, 0.1) is 11.8 Å². The third kappa shape index (κ3) is 1.64. The molecule has 0 amide bonds. The van der Waals surface area contributed by atoms with E-state index < -0.39 is 0 Å². The lowest BCUT2D eigenvalue weighted by Gasteiger charge is -2.11. The lowest BCUT2D eigenvalue weighted by atomic mass is 9.89. The van der Waals surface area contributed by atoms with Crippen molar-refractivity contribution in [2.75, 3.05) is 6.61 Å². The van der Waals surface area contributed by atoms with E-state index in [2.05, 4.69) is 9.97 Å². The zero-order chi connectivity index (χ0) is 9.97. The Kier molecular flexibility index (Phi) is 2.52. The van der Waals surface area contributed by atoms with Crippen LogP contribution in [0.2, 0.25) is 0 Å². The lowest BCUT2D eigenvalue weighted by molar-refractivity contribution is -0.141. The molecule has 0 spiro atoms. The monoisotopic (exact) mass is 194 g/mol. The number of cyclic esters (lactones) is 1. The first kappa shape index (κ1) is 9.24. The van der Waals surface area contributed by atoms with Gasteiger partial charge in [-0.15, -0.1) is 0 Å². The molecular weight excluding hydrogens is 180 g/mol. The highest BCUT2D eigenvalue weighted by Gasteiger charge is 2.35. The van der Waals surface area contributed by atoms with E-state index in [-0.39, 0.29) is 11.9 Å². The van der Waals surface area contributed by atoms with Crippen LogP contribution in [-0.2, 0) is 16.0 Å². The van der Waals surface area contributed by atoms with Gasteiger partial charge in [-0.1, -0.05) is 6.92 Å². The molecule has 1 aromatic heterocycles. The first-order valence-electron chi connectivity index (χ1n) is 4.95. The number of nitrogens with zero attached hydrogens (tertiary/aromatic N) is 1. The van der Waals surface area contributed by atoms with Gasteiger partial charge in [0.15, 0.2) is 0 Å². The smallest absolute Gasteiger partial charge is 0.309 e. The van der Waals surface area contributed by atoms with Gasteiger partial charge in [0.25, 0.3) is 0 Å². The molecule has 1 aliphatic heterocycles. The number of ether oxygens (including phenoxy) is 1. The summed E-state index contributed by atoms with van der Waals surface area (Å²) in [5, 5.41) is 0. The van der Waals surface area contributed by atoms with Crippen LogP contribution in [0.25, 0.3) is 0 Å². The first-order valence-corrected chi connectivity index (χ1v) is 4.95. The van der Waals surface area contributed by atoms with Crippen LogP contribution in [0.3, 0.4) is 0 Å². The highest BCUT2D eigenvalue weighted by molar-refractivity contribution is 5.74. The minimum atomic E-state index is -0.0444. The molecular formula is C10H14N2O2. The van der Waals surface area contributed by atoms with Gasteiger partial charge in [-0.05, 0) is 12.8 Å². The summed E-state index contributed by atoms with van der Waals surface area (Å²) in [6, 6.07) is 0. The summed E-state index contributed by atoms with van der Waals surface area (Å²) in [4.78, 5) is 18.3. The van der Waals surface area contributed by atoms with Crippen molar-refractivity contribution in [2.24, 2.45) is 11.8 Å². The number of aromatic amines is 1. The molecule has 1 N–H and O–H groups in total. The van der Waals surface area contributed by atoms with Gasteiger partial charge in [0.1, 0.15) is 0 Å². The summed E-state index contributed by atoms with van der Waals surface area (Å²) in [5.74, 6) is 0.336. The maximum absolute atomic E-state index is 11.3. The number of carbonyl (C=O) groups excluding carboxylic acids is 1. The summed E-state index contributed by atoms with van der Waals surface area (Å²) >= 11 is 0. The quantitative estimate of drug-likeness (QED) is 0.734. The number of hydrogen-bond donors (Lipinski definition) is 1. The fraction of sp³-hybridized carbons (Fsp3) is 0.600. The van der Waals surface area contributed by atoms with E-state index in [9.17, 15) is 4.79 Å². The maximum atomic E-state index is 11.3. The van der Waals surface area contributed by atoms with Crippen molar-refractivity contribution >= 4 is 5.97 Å². The van der Waals surface area contributed by atoms with E-state index in [4.69, 9.17) is 4.74 Å². The van der Waals surface area contributed by atoms with Gasteiger partial charge >= 0.3 is 5.97 Å². The van der Waals surface area contributed by atoms with Crippen molar-refractivity contribution in [3.05, 3.63) is 18.2 Å². The second-order valence-corrected chi connectivity index (χ2v) is 3.69. The number of carbonyl (C=O) groups is 1. The summed E-state index contributed by atoms with van der Waals surface area (Å²) < 4.78 is 5.04. The second-order valence-electron chi connectivity index (χ2n) is 3.69. The van der Waals surface area contributed by atoms with Gasteiger partial charge in [0, 0.05) is 17.8 Å². The molecule has 76 valence electrons. The fourth-order valence-corrected chi connectivity index (χ4v) is 1.98. The SMILES string of the molecule is CCC1C(=O)OCC1Cc1cnc[nH]1. The number of aromatic nitrogens is 2. The Labute approximate surface area is 82.7 Å². The van der Waals surface area contributed by atoms with Crippen LogP contribution in [0.4, 0.5) is 0 Å². The van der Waals surface area contributed by atoms with E-state index in [0.29, 0.717) is 12.5 Å². The van der Waals surface area contributed by atoms with E-state index >= 15 is 0 Å². The highest BCUT2D eigenvalue weighted by Crippen LogP contribution is 2.27. The number of esters is 1. The van der Waals surface area contributed by atoms with Gasteiger partial charge in [0.05, 0.1) is 18.9 Å². The predicted molar refractivity (Wildman–Crippen MR) is 50.5 cm³/mol. The molecule has 14 heavy (non-hydrogen) atoms. The summed E-state index contributed by atoms with van der Waals surface area (Å²) in [6.07, 6.45) is 5.17. The van der Waals surface area contributed by atoms with Gasteiger partial charge in [0.2, 0.25) is 0 Å². The third-order valence-corrected chi connectivity index (χ3v) is 2.79. The van der Waals surface area contributed by atoms with Crippen molar-refractivity contribution in [1.29, 1.82) is 0 Å². The van der Waals surface area contributed by atoms with Crippen molar-refractivity contribution < 1.29 is 9.53 Å². The normalized spacial score (nSPS) is 26.5. The zero-order valence-electron chi connectivity index (χ0n) is 8.19. The maximum Gasteiger partial charge on any atom is 0.309 e. The minimum absolute atomic E-state index is 0.0444. The molecule has 1 aliphatic rings. The summed E-state index contributed by atoms with van der Waals surface area (Å²) in [5.41, 5.74) is 1.08. The van der Waals surface area contributed by atoms with Crippen LogP contribution in [-0.4, -0.2) is 22.5 Å². The number of H-pyrrole nitrogens is 1. The predicted octanol–water partition coefficient (Wildman–Crippen LogP) is 1.15. The molecule has 0 aliphatic carbocycles. The molecule has 1 saturated heterocycles. The Bertz CT molecular complexity index is 308. The number of hydrogen-bond acceptors (Lipinski definition) is 3.